The van der Waals surface area contributed by atoms with E-state index in [-0.39, 0.29) is 12.3 Å². The Bertz CT molecular complexity index is 298. The van der Waals surface area contributed by atoms with E-state index in [0.29, 0.717) is 5.56 Å². The van der Waals surface area contributed by atoms with Crippen LogP contribution in [0.4, 0.5) is 8.78 Å². The Morgan fingerprint density at radius 1 is 1.20 bits per heavy atom. The molecule has 0 saturated heterocycles. The molecule has 0 aliphatic carbocycles. The summed E-state index contributed by atoms with van der Waals surface area (Å²) in [6.45, 7) is 3.79. The first-order valence-electron chi connectivity index (χ1n) is 5.09. The van der Waals surface area contributed by atoms with Crippen molar-refractivity contribution in [3.8, 4) is 0 Å². The molecule has 84 valence electrons. The fourth-order valence-corrected chi connectivity index (χ4v) is 1.76. The molecular weight excluding hydrogens is 196 g/mol. The third kappa shape index (κ3) is 2.75. The molecule has 15 heavy (non-hydrogen) atoms. The van der Waals surface area contributed by atoms with Crippen LogP contribution in [0.3, 0.4) is 0 Å². The summed E-state index contributed by atoms with van der Waals surface area (Å²) < 4.78 is 26.0. The van der Waals surface area contributed by atoms with Gasteiger partial charge in [0.2, 0.25) is 0 Å². The topological polar surface area (TPSA) is 26.0 Å². The lowest BCUT2D eigenvalue weighted by Crippen LogP contribution is -2.45. The molecule has 0 bridgehead atoms. The number of alkyl halides is 2. The highest BCUT2D eigenvalue weighted by atomic mass is 19.3. The highest BCUT2D eigenvalue weighted by molar-refractivity contribution is 5.24. The summed E-state index contributed by atoms with van der Waals surface area (Å²) in [5, 5.41) is 0. The normalized spacial score (nSPS) is 15.7. The van der Waals surface area contributed by atoms with E-state index < -0.39 is 12.0 Å². The standard InChI is InChI=1S/C12H17F2N/c1-9(2)8-12(15,11(13)14)10-6-4-3-5-7-10/h3-7,9,11H,8,15H2,1-2H3. The molecule has 1 rings (SSSR count). The molecule has 0 amide bonds. The fourth-order valence-electron chi connectivity index (χ4n) is 1.76. The van der Waals surface area contributed by atoms with Gasteiger partial charge in [0.1, 0.15) is 5.54 Å². The molecule has 1 atom stereocenters. The quantitative estimate of drug-likeness (QED) is 0.816. The van der Waals surface area contributed by atoms with Crippen molar-refractivity contribution in [1.29, 1.82) is 0 Å². The van der Waals surface area contributed by atoms with Crippen LogP contribution in [0.15, 0.2) is 30.3 Å². The number of hydrogen-bond acceptors (Lipinski definition) is 1. The first-order chi connectivity index (χ1) is 6.97. The predicted octanol–water partition coefficient (Wildman–Crippen LogP) is 3.15. The van der Waals surface area contributed by atoms with Gasteiger partial charge in [-0.2, -0.15) is 0 Å². The van der Waals surface area contributed by atoms with E-state index in [9.17, 15) is 8.78 Å². The average molecular weight is 213 g/mol. The van der Waals surface area contributed by atoms with Crippen LogP contribution in [0.5, 0.6) is 0 Å². The van der Waals surface area contributed by atoms with Gasteiger partial charge in [-0.05, 0) is 17.9 Å². The smallest absolute Gasteiger partial charge is 0.260 e. The maximum Gasteiger partial charge on any atom is 0.260 e. The first-order valence-corrected chi connectivity index (χ1v) is 5.09. The van der Waals surface area contributed by atoms with Crippen molar-refractivity contribution >= 4 is 0 Å². The number of nitrogens with two attached hydrogens (primary N) is 1. The minimum absolute atomic E-state index is 0.143. The Balaban J connectivity index is 3.02. The zero-order chi connectivity index (χ0) is 11.5. The van der Waals surface area contributed by atoms with E-state index in [1.54, 1.807) is 30.3 Å². The zero-order valence-electron chi connectivity index (χ0n) is 9.08. The summed E-state index contributed by atoms with van der Waals surface area (Å²) in [4.78, 5) is 0. The van der Waals surface area contributed by atoms with Crippen LogP contribution < -0.4 is 5.73 Å². The molecule has 1 aromatic carbocycles. The highest BCUT2D eigenvalue weighted by Crippen LogP contribution is 2.31. The van der Waals surface area contributed by atoms with Crippen molar-refractivity contribution < 1.29 is 8.78 Å². The van der Waals surface area contributed by atoms with Gasteiger partial charge in [0.25, 0.3) is 6.43 Å². The van der Waals surface area contributed by atoms with Gasteiger partial charge in [-0.15, -0.1) is 0 Å². The summed E-state index contributed by atoms with van der Waals surface area (Å²) in [5.74, 6) is 0.143. The lowest BCUT2D eigenvalue weighted by atomic mass is 9.83. The van der Waals surface area contributed by atoms with Crippen molar-refractivity contribution in [3.63, 3.8) is 0 Å². The lowest BCUT2D eigenvalue weighted by Gasteiger charge is -2.30. The summed E-state index contributed by atoms with van der Waals surface area (Å²) in [6, 6.07) is 8.59. The fraction of sp³-hybridized carbons (Fsp3) is 0.500. The van der Waals surface area contributed by atoms with Crippen LogP contribution in [0.1, 0.15) is 25.8 Å². The molecule has 2 N–H and O–H groups in total. The molecule has 1 aromatic rings. The van der Waals surface area contributed by atoms with Crippen molar-refractivity contribution in [3.05, 3.63) is 35.9 Å². The van der Waals surface area contributed by atoms with Gasteiger partial charge >= 0.3 is 0 Å². The molecule has 0 heterocycles. The van der Waals surface area contributed by atoms with Crippen LogP contribution in [-0.2, 0) is 5.54 Å². The molecule has 0 fully saturated rings. The molecule has 1 nitrogen and oxygen atoms in total. The van der Waals surface area contributed by atoms with Crippen molar-refractivity contribution in [1.82, 2.24) is 0 Å². The highest BCUT2D eigenvalue weighted by Gasteiger charge is 2.37. The lowest BCUT2D eigenvalue weighted by molar-refractivity contribution is 0.0391. The molecular formula is C12H17F2N. The summed E-state index contributed by atoms with van der Waals surface area (Å²) in [5.41, 5.74) is 4.80. The molecule has 0 spiro atoms. The molecule has 0 aromatic heterocycles. The summed E-state index contributed by atoms with van der Waals surface area (Å²) in [6.07, 6.45) is -2.25. The van der Waals surface area contributed by atoms with Gasteiger partial charge in [-0.3, -0.25) is 0 Å². The van der Waals surface area contributed by atoms with Crippen LogP contribution in [-0.4, -0.2) is 6.43 Å². The van der Waals surface area contributed by atoms with E-state index in [1.807, 2.05) is 13.8 Å². The predicted molar refractivity (Wildman–Crippen MR) is 57.8 cm³/mol. The van der Waals surface area contributed by atoms with Crippen molar-refractivity contribution in [2.24, 2.45) is 11.7 Å². The molecule has 3 heteroatoms. The van der Waals surface area contributed by atoms with Crippen molar-refractivity contribution in [2.75, 3.05) is 0 Å². The monoisotopic (exact) mass is 213 g/mol. The van der Waals surface area contributed by atoms with Gasteiger partial charge in [0.15, 0.2) is 0 Å². The second-order valence-electron chi connectivity index (χ2n) is 4.31. The summed E-state index contributed by atoms with van der Waals surface area (Å²) >= 11 is 0. The number of rotatable bonds is 4. The van der Waals surface area contributed by atoms with Crippen LogP contribution in [0.2, 0.25) is 0 Å². The van der Waals surface area contributed by atoms with Crippen LogP contribution in [0.25, 0.3) is 0 Å². The van der Waals surface area contributed by atoms with E-state index in [4.69, 9.17) is 5.73 Å². The number of hydrogen-bond donors (Lipinski definition) is 1. The minimum Gasteiger partial charge on any atom is -0.317 e. The Kier molecular flexibility index (Phi) is 3.80. The second kappa shape index (κ2) is 4.71. The van der Waals surface area contributed by atoms with Gasteiger partial charge in [0.05, 0.1) is 0 Å². The number of benzene rings is 1. The van der Waals surface area contributed by atoms with Gasteiger partial charge < -0.3 is 5.73 Å². The largest absolute Gasteiger partial charge is 0.317 e. The van der Waals surface area contributed by atoms with Gasteiger partial charge in [0, 0.05) is 0 Å². The molecule has 0 aliphatic rings. The van der Waals surface area contributed by atoms with Crippen LogP contribution >= 0.6 is 0 Å². The van der Waals surface area contributed by atoms with Crippen molar-refractivity contribution in [2.45, 2.75) is 32.2 Å². The van der Waals surface area contributed by atoms with E-state index >= 15 is 0 Å². The second-order valence-corrected chi connectivity index (χ2v) is 4.31. The Morgan fingerprint density at radius 3 is 2.13 bits per heavy atom. The Labute approximate surface area is 89.3 Å². The zero-order valence-corrected chi connectivity index (χ0v) is 9.08. The third-order valence-corrected chi connectivity index (χ3v) is 2.45. The maximum atomic E-state index is 13.0. The first kappa shape index (κ1) is 12.1. The van der Waals surface area contributed by atoms with Gasteiger partial charge in [-0.25, -0.2) is 8.78 Å². The average Bonchev–Trinajstić information content (AvgIpc) is 2.17. The third-order valence-electron chi connectivity index (χ3n) is 2.45. The molecule has 0 saturated carbocycles. The van der Waals surface area contributed by atoms with Crippen LogP contribution in [0, 0.1) is 5.92 Å². The molecule has 0 radical (unpaired) electrons. The van der Waals surface area contributed by atoms with E-state index in [1.165, 1.54) is 0 Å². The molecule has 0 aliphatic heterocycles. The molecule has 1 unspecified atom stereocenters. The van der Waals surface area contributed by atoms with E-state index in [0.717, 1.165) is 0 Å². The SMILES string of the molecule is CC(C)CC(N)(c1ccccc1)C(F)F. The van der Waals surface area contributed by atoms with E-state index in [2.05, 4.69) is 0 Å². The minimum atomic E-state index is -2.54. The Morgan fingerprint density at radius 2 is 1.73 bits per heavy atom. The summed E-state index contributed by atoms with van der Waals surface area (Å²) in [7, 11) is 0. The maximum absolute atomic E-state index is 13.0. The number of halogens is 2. The van der Waals surface area contributed by atoms with Gasteiger partial charge in [-0.1, -0.05) is 44.2 Å². The Hall–Kier alpha value is -0.960.